The number of halogens is 3. The predicted molar refractivity (Wildman–Crippen MR) is 107 cm³/mol. The molecule has 0 aliphatic rings. The number of alkyl halides is 3. The summed E-state index contributed by atoms with van der Waals surface area (Å²) in [6.45, 7) is 0. The summed E-state index contributed by atoms with van der Waals surface area (Å²) in [7, 11) is -1.98. The van der Waals surface area contributed by atoms with Crippen molar-refractivity contribution in [2.45, 2.75) is 5.51 Å². The van der Waals surface area contributed by atoms with Gasteiger partial charge in [0.15, 0.2) is 0 Å². The second kappa shape index (κ2) is 7.66. The predicted octanol–water partition coefficient (Wildman–Crippen LogP) is 3.13. The van der Waals surface area contributed by atoms with Crippen LogP contribution in [0.4, 0.5) is 18.9 Å². The summed E-state index contributed by atoms with van der Waals surface area (Å²) in [5.74, 6) is 0. The van der Waals surface area contributed by atoms with Gasteiger partial charge in [-0.3, -0.25) is 0 Å². The van der Waals surface area contributed by atoms with Crippen LogP contribution >= 0.6 is 0 Å². The van der Waals surface area contributed by atoms with Crippen molar-refractivity contribution < 1.29 is 21.6 Å². The van der Waals surface area contributed by atoms with Crippen molar-refractivity contribution in [3.63, 3.8) is 0 Å². The quantitative estimate of drug-likeness (QED) is 0.548. The van der Waals surface area contributed by atoms with Gasteiger partial charge in [-0.1, -0.05) is 0 Å². The fourth-order valence-corrected chi connectivity index (χ4v) is 8.69. The second-order valence-electron chi connectivity index (χ2n) is 6.12. The molecule has 0 spiro atoms. The van der Waals surface area contributed by atoms with Gasteiger partial charge < -0.3 is 0 Å². The summed E-state index contributed by atoms with van der Waals surface area (Å²) in [6.07, 6.45) is 0. The Bertz CT molecular complexity index is 1140. The van der Waals surface area contributed by atoms with Crippen LogP contribution in [-0.2, 0) is 10.0 Å². The molecule has 0 aliphatic heterocycles. The second-order valence-corrected chi connectivity index (χ2v) is 11.7. The number of hydrogen-bond acceptors (Lipinski definition) is 3. The number of hydrogen-bond donors (Lipinski definition) is 0. The molecule has 0 saturated carbocycles. The van der Waals surface area contributed by atoms with Crippen molar-refractivity contribution in [2.24, 2.45) is 3.37 Å². The van der Waals surface area contributed by atoms with Crippen molar-refractivity contribution in [3.8, 4) is 0 Å². The minimum absolute atomic E-state index is 0.483. The van der Waals surface area contributed by atoms with Crippen LogP contribution in [0.25, 0.3) is 10.8 Å². The van der Waals surface area contributed by atoms with Gasteiger partial charge in [-0.05, 0) is 0 Å². The van der Waals surface area contributed by atoms with Crippen molar-refractivity contribution in [1.82, 2.24) is 0 Å². The number of fused-ring (bicyclic) bond motifs is 1. The molecule has 0 heterocycles. The summed E-state index contributed by atoms with van der Waals surface area (Å²) in [5.41, 5.74) is -4.64. The Kier molecular flexibility index (Phi) is 5.61. The van der Waals surface area contributed by atoms with E-state index in [2.05, 4.69) is 3.37 Å². The molecule has 9 heteroatoms. The fourth-order valence-electron chi connectivity index (χ4n) is 2.72. The van der Waals surface area contributed by atoms with Gasteiger partial charge in [-0.2, -0.15) is 0 Å². The molecule has 0 radical (unpaired) electrons. The van der Waals surface area contributed by atoms with Gasteiger partial charge in [-0.15, -0.1) is 0 Å². The van der Waals surface area contributed by atoms with Gasteiger partial charge in [0.25, 0.3) is 0 Å². The van der Waals surface area contributed by atoms with Gasteiger partial charge in [0, 0.05) is 0 Å². The van der Waals surface area contributed by atoms with Crippen LogP contribution in [-0.4, -0.2) is 41.7 Å². The molecule has 0 bridgehead atoms. The molecule has 3 aromatic carbocycles. The summed E-state index contributed by atoms with van der Waals surface area (Å²) in [5, 5.41) is 1.53. The number of anilines is 1. The monoisotopic (exact) mass is 474 g/mol. The Hall–Kier alpha value is -2.22. The summed E-state index contributed by atoms with van der Waals surface area (Å²) >= 11 is -2.93. The number of rotatable bonds is 4. The van der Waals surface area contributed by atoms with E-state index in [0.29, 0.717) is 14.3 Å². The molecule has 1 unspecified atom stereocenters. The first-order valence-electron chi connectivity index (χ1n) is 8.14. The molecule has 148 valence electrons. The van der Waals surface area contributed by atoms with Crippen LogP contribution in [0.3, 0.4) is 0 Å². The Morgan fingerprint density at radius 3 is 2.07 bits per heavy atom. The molecule has 28 heavy (non-hydrogen) atoms. The maximum absolute atomic E-state index is 13.1. The number of benzene rings is 3. The first-order valence-corrected chi connectivity index (χ1v) is 12.1. The summed E-state index contributed by atoms with van der Waals surface area (Å²) < 4.78 is 67.4. The molecular weight excluding hydrogens is 456 g/mol. The van der Waals surface area contributed by atoms with Crippen LogP contribution < -0.4 is 13.8 Å². The zero-order valence-electron chi connectivity index (χ0n) is 15.0. The van der Waals surface area contributed by atoms with E-state index in [-0.39, 0.29) is 0 Å². The molecule has 3 aromatic rings. The van der Waals surface area contributed by atoms with E-state index >= 15 is 0 Å². The van der Waals surface area contributed by atoms with Crippen molar-refractivity contribution in [2.75, 3.05) is 19.0 Å². The fraction of sp³-hybridized carbons (Fsp3) is 0.158. The van der Waals surface area contributed by atoms with E-state index in [9.17, 15) is 21.6 Å². The van der Waals surface area contributed by atoms with Crippen LogP contribution in [0.2, 0.25) is 0 Å². The molecule has 0 aromatic heterocycles. The average Bonchev–Trinajstić information content (AvgIpc) is 2.65. The van der Waals surface area contributed by atoms with E-state index < -0.39 is 29.2 Å². The van der Waals surface area contributed by atoms with Crippen molar-refractivity contribution in [3.05, 3.63) is 66.7 Å². The maximum atomic E-state index is 13.1. The summed E-state index contributed by atoms with van der Waals surface area (Å²) in [6, 6.07) is 19.1. The SMILES string of the molecule is CN(C)c1cccc2cccc(/[Se](=N/S(=O)(=O)C(F)(F)F)c3ccccc3)c12. The van der Waals surface area contributed by atoms with Gasteiger partial charge in [0.05, 0.1) is 0 Å². The average molecular weight is 473 g/mol. The first-order chi connectivity index (χ1) is 13.1. The van der Waals surface area contributed by atoms with Gasteiger partial charge >= 0.3 is 165 Å². The Labute approximate surface area is 165 Å². The third-order valence-electron chi connectivity index (χ3n) is 3.97. The van der Waals surface area contributed by atoms with E-state index in [0.717, 1.165) is 11.1 Å². The molecule has 0 aliphatic carbocycles. The number of sulfonamides is 1. The molecule has 3 rings (SSSR count). The molecule has 1 atom stereocenters. The van der Waals surface area contributed by atoms with Crippen LogP contribution in [0.1, 0.15) is 0 Å². The van der Waals surface area contributed by atoms with E-state index in [1.807, 2.05) is 43.3 Å². The van der Waals surface area contributed by atoms with Gasteiger partial charge in [0.1, 0.15) is 0 Å². The van der Waals surface area contributed by atoms with Gasteiger partial charge in [-0.25, -0.2) is 0 Å². The Morgan fingerprint density at radius 1 is 0.893 bits per heavy atom. The Morgan fingerprint density at radius 2 is 1.50 bits per heavy atom. The summed E-state index contributed by atoms with van der Waals surface area (Å²) in [4.78, 5) is 1.85. The zero-order chi connectivity index (χ0) is 20.5. The molecule has 0 saturated heterocycles. The van der Waals surface area contributed by atoms with E-state index in [1.165, 1.54) is 0 Å². The van der Waals surface area contributed by atoms with Crippen LogP contribution in [0, 0.1) is 0 Å². The Balaban J connectivity index is 2.41. The molecular formula is C19H17F3N2O2SSe. The molecule has 0 amide bonds. The topological polar surface area (TPSA) is 49.7 Å². The normalized spacial score (nSPS) is 13.6. The standard InChI is InChI=1S/C19H17F3N2O2SSe/c1-24(2)16-12-6-8-14-9-7-13-17(18(14)16)28(15-10-4-3-5-11-15)23-27(25,26)19(20,21)22/h3-13H,1-2H3. The van der Waals surface area contributed by atoms with Gasteiger partial charge in [0.2, 0.25) is 0 Å². The van der Waals surface area contributed by atoms with Crippen LogP contribution in [0.15, 0.2) is 70.1 Å². The minimum atomic E-state index is -5.63. The third kappa shape index (κ3) is 3.97. The van der Waals surface area contributed by atoms with Crippen LogP contribution in [0.5, 0.6) is 0 Å². The molecule has 4 nitrogen and oxygen atoms in total. The number of nitrogens with zero attached hydrogens (tertiary/aromatic N) is 2. The van der Waals surface area contributed by atoms with E-state index in [1.54, 1.807) is 42.5 Å². The van der Waals surface area contributed by atoms with Crippen molar-refractivity contribution >= 4 is 49.1 Å². The zero-order valence-corrected chi connectivity index (χ0v) is 17.5. The third-order valence-corrected chi connectivity index (χ3v) is 10.2. The van der Waals surface area contributed by atoms with E-state index in [4.69, 9.17) is 0 Å². The molecule has 0 fully saturated rings. The molecule has 0 N–H and O–H groups in total. The van der Waals surface area contributed by atoms with Crippen molar-refractivity contribution in [1.29, 1.82) is 0 Å². The first kappa shape index (κ1) is 20.5.